The van der Waals surface area contributed by atoms with E-state index >= 15 is 0 Å². The molecule has 1 saturated heterocycles. The zero-order valence-corrected chi connectivity index (χ0v) is 9.55. The molecule has 1 radical (unpaired) electrons. The van der Waals surface area contributed by atoms with E-state index in [0.717, 1.165) is 12.5 Å². The summed E-state index contributed by atoms with van der Waals surface area (Å²) >= 11 is 0. The first kappa shape index (κ1) is 11.1. The van der Waals surface area contributed by atoms with Crippen molar-refractivity contribution in [3.63, 3.8) is 0 Å². The predicted octanol–water partition coefficient (Wildman–Crippen LogP) is 1.51. The van der Waals surface area contributed by atoms with Gasteiger partial charge >= 0.3 is 0 Å². The van der Waals surface area contributed by atoms with Gasteiger partial charge in [0, 0.05) is 32.7 Å². The van der Waals surface area contributed by atoms with Crippen LogP contribution in [0.5, 0.6) is 0 Å². The van der Waals surface area contributed by atoms with Gasteiger partial charge in [-0.1, -0.05) is 6.42 Å². The van der Waals surface area contributed by atoms with E-state index in [1.54, 1.807) is 0 Å². The molecular weight excluding hydrogens is 199 g/mol. The largest absolute Gasteiger partial charge is 0.343 e. The van der Waals surface area contributed by atoms with Gasteiger partial charge in [-0.3, -0.25) is 0 Å². The molecule has 0 aromatic heterocycles. The van der Waals surface area contributed by atoms with Crippen LogP contribution < -0.4 is 0 Å². The van der Waals surface area contributed by atoms with Crippen LogP contribution in [0, 0.1) is 13.3 Å². The SMILES string of the molecule is [CH2-]CCC1[CH-]CCN1C.[Y]. The summed E-state index contributed by atoms with van der Waals surface area (Å²) in [4.78, 5) is 2.39. The molecule has 1 heterocycles. The Labute approximate surface area is 89.4 Å². The maximum atomic E-state index is 3.84. The summed E-state index contributed by atoms with van der Waals surface area (Å²) in [5.41, 5.74) is 0. The molecule has 1 unspecified atom stereocenters. The molecule has 0 bridgehead atoms. The molecule has 0 N–H and O–H groups in total. The van der Waals surface area contributed by atoms with Gasteiger partial charge in [0.2, 0.25) is 0 Å². The molecular formula is C8H15NY-2. The fraction of sp³-hybridized carbons (Fsp3) is 0.750. The maximum Gasteiger partial charge on any atom is 0 e. The minimum Gasteiger partial charge on any atom is -0.343 e. The van der Waals surface area contributed by atoms with Crippen LogP contribution in [0.1, 0.15) is 19.3 Å². The van der Waals surface area contributed by atoms with Crippen molar-refractivity contribution in [1.29, 1.82) is 0 Å². The Hall–Kier alpha value is 1.06. The van der Waals surface area contributed by atoms with Gasteiger partial charge in [-0.2, -0.15) is 12.8 Å². The van der Waals surface area contributed by atoms with E-state index < -0.39 is 0 Å². The standard InChI is InChI=1S/C8H15N.Y/c1-3-5-8-6-4-7-9(8)2;/h6,8H,1,3-5,7H2,2H3;/q-2;. The van der Waals surface area contributed by atoms with Gasteiger partial charge in [-0.25, -0.2) is 0 Å². The van der Waals surface area contributed by atoms with E-state index in [9.17, 15) is 0 Å². The minimum atomic E-state index is 0. The molecule has 0 amide bonds. The second-order valence-corrected chi connectivity index (χ2v) is 2.71. The van der Waals surface area contributed by atoms with Crippen molar-refractivity contribution in [2.45, 2.75) is 25.3 Å². The first-order valence-corrected chi connectivity index (χ1v) is 3.67. The fourth-order valence-electron chi connectivity index (χ4n) is 1.36. The van der Waals surface area contributed by atoms with Crippen molar-refractivity contribution < 1.29 is 32.7 Å². The van der Waals surface area contributed by atoms with Gasteiger partial charge in [0.15, 0.2) is 0 Å². The number of hydrogen-bond acceptors (Lipinski definition) is 1. The number of likely N-dealkylation sites (tertiary alicyclic amines) is 1. The molecule has 0 aromatic rings. The Morgan fingerprint density at radius 3 is 2.80 bits per heavy atom. The second-order valence-electron chi connectivity index (χ2n) is 2.71. The smallest absolute Gasteiger partial charge is 0 e. The fourth-order valence-corrected chi connectivity index (χ4v) is 1.36. The van der Waals surface area contributed by atoms with E-state index in [4.69, 9.17) is 0 Å². The first-order chi connectivity index (χ1) is 4.34. The predicted molar refractivity (Wildman–Crippen MR) is 39.9 cm³/mol. The van der Waals surface area contributed by atoms with Gasteiger partial charge < -0.3 is 18.2 Å². The molecule has 0 aliphatic carbocycles. The topological polar surface area (TPSA) is 3.24 Å². The van der Waals surface area contributed by atoms with E-state index in [1.807, 2.05) is 0 Å². The monoisotopic (exact) mass is 214 g/mol. The Kier molecular flexibility index (Phi) is 6.29. The Balaban J connectivity index is 0.000000810. The van der Waals surface area contributed by atoms with Crippen molar-refractivity contribution in [2.24, 2.45) is 0 Å². The van der Waals surface area contributed by atoms with E-state index in [2.05, 4.69) is 25.3 Å². The van der Waals surface area contributed by atoms with Crippen LogP contribution in [0.3, 0.4) is 0 Å². The van der Waals surface area contributed by atoms with Crippen LogP contribution in [0.2, 0.25) is 0 Å². The molecule has 57 valence electrons. The molecule has 1 rings (SSSR count). The number of hydrogen-bond donors (Lipinski definition) is 0. The summed E-state index contributed by atoms with van der Waals surface area (Å²) < 4.78 is 0. The first-order valence-electron chi connectivity index (χ1n) is 3.67. The van der Waals surface area contributed by atoms with Crippen LogP contribution in [0.4, 0.5) is 0 Å². The average molecular weight is 214 g/mol. The van der Waals surface area contributed by atoms with Gasteiger partial charge in [-0.05, 0) is 13.6 Å². The molecule has 2 heteroatoms. The third-order valence-corrected chi connectivity index (χ3v) is 1.99. The molecule has 1 nitrogen and oxygen atoms in total. The number of rotatable bonds is 2. The summed E-state index contributed by atoms with van der Waals surface area (Å²) in [6.07, 6.45) is 5.95. The minimum absolute atomic E-state index is 0. The summed E-state index contributed by atoms with van der Waals surface area (Å²) in [6, 6.07) is 0.725. The van der Waals surface area contributed by atoms with Gasteiger partial charge in [0.25, 0.3) is 0 Å². The average Bonchev–Trinajstić information content (AvgIpc) is 2.18. The van der Waals surface area contributed by atoms with Gasteiger partial charge in [0.1, 0.15) is 0 Å². The van der Waals surface area contributed by atoms with E-state index in [0.29, 0.717) is 0 Å². The molecule has 1 aliphatic rings. The quantitative estimate of drug-likeness (QED) is 0.630. The summed E-state index contributed by atoms with van der Waals surface area (Å²) in [7, 11) is 2.18. The molecule has 0 aromatic carbocycles. The molecule has 0 saturated carbocycles. The van der Waals surface area contributed by atoms with Crippen molar-refractivity contribution in [3.05, 3.63) is 13.3 Å². The zero-order valence-electron chi connectivity index (χ0n) is 6.71. The molecule has 1 aliphatic heterocycles. The second kappa shape index (κ2) is 5.68. The summed E-state index contributed by atoms with van der Waals surface area (Å²) in [6.45, 7) is 5.08. The van der Waals surface area contributed by atoms with E-state index in [-0.39, 0.29) is 32.7 Å². The maximum absolute atomic E-state index is 3.84. The molecule has 0 spiro atoms. The van der Waals surface area contributed by atoms with E-state index in [1.165, 1.54) is 19.4 Å². The molecule has 1 atom stereocenters. The molecule has 10 heavy (non-hydrogen) atoms. The van der Waals surface area contributed by atoms with Crippen LogP contribution >= 0.6 is 0 Å². The van der Waals surface area contributed by atoms with Crippen molar-refractivity contribution in [1.82, 2.24) is 4.90 Å². The van der Waals surface area contributed by atoms with Crippen molar-refractivity contribution in [3.8, 4) is 0 Å². The number of nitrogens with zero attached hydrogens (tertiary/aromatic N) is 1. The van der Waals surface area contributed by atoms with Crippen LogP contribution in [-0.4, -0.2) is 24.5 Å². The zero-order chi connectivity index (χ0) is 6.69. The third-order valence-electron chi connectivity index (χ3n) is 1.99. The normalized spacial score (nSPS) is 26.4. The summed E-state index contributed by atoms with van der Waals surface area (Å²) in [5.74, 6) is 0. The van der Waals surface area contributed by atoms with Crippen molar-refractivity contribution >= 4 is 0 Å². The van der Waals surface area contributed by atoms with Crippen LogP contribution in [0.15, 0.2) is 0 Å². The Bertz CT molecular complexity index is 85.3. The van der Waals surface area contributed by atoms with Gasteiger partial charge in [0.05, 0.1) is 0 Å². The molecule has 1 fully saturated rings. The van der Waals surface area contributed by atoms with Gasteiger partial charge in [-0.15, -0.1) is 6.04 Å². The van der Waals surface area contributed by atoms with Crippen LogP contribution in [0.25, 0.3) is 0 Å². The Morgan fingerprint density at radius 2 is 2.40 bits per heavy atom. The third kappa shape index (κ3) is 2.98. The Morgan fingerprint density at radius 1 is 1.70 bits per heavy atom. The van der Waals surface area contributed by atoms with Crippen molar-refractivity contribution in [2.75, 3.05) is 13.6 Å². The summed E-state index contributed by atoms with van der Waals surface area (Å²) in [5, 5.41) is 0. The van der Waals surface area contributed by atoms with Crippen LogP contribution in [-0.2, 0) is 32.7 Å².